The van der Waals surface area contributed by atoms with Crippen LogP contribution < -0.4 is 10.1 Å². The highest BCUT2D eigenvalue weighted by Crippen LogP contribution is 2.21. The summed E-state index contributed by atoms with van der Waals surface area (Å²) >= 11 is 5.91. The summed E-state index contributed by atoms with van der Waals surface area (Å²) in [6.07, 6.45) is 2.72. The van der Waals surface area contributed by atoms with Gasteiger partial charge >= 0.3 is 12.0 Å². The number of nitrogens with one attached hydrogen (secondary N) is 1. The van der Waals surface area contributed by atoms with Gasteiger partial charge in [-0.25, -0.2) is 9.59 Å². The summed E-state index contributed by atoms with van der Waals surface area (Å²) in [5.41, 5.74) is 0.946. The van der Waals surface area contributed by atoms with Gasteiger partial charge in [0, 0.05) is 24.2 Å². The van der Waals surface area contributed by atoms with E-state index in [-0.39, 0.29) is 12.1 Å². The number of urea groups is 1. The van der Waals surface area contributed by atoms with Crippen LogP contribution in [0.15, 0.2) is 48.5 Å². The quantitative estimate of drug-likeness (QED) is 0.614. The molecule has 1 saturated heterocycles. The van der Waals surface area contributed by atoms with Crippen molar-refractivity contribution in [2.24, 2.45) is 0 Å². The maximum atomic E-state index is 12.2. The molecule has 0 aliphatic carbocycles. The molecule has 0 aromatic heterocycles. The average molecular weight is 431 g/mol. The Kier molecular flexibility index (Phi) is 6.87. The molecule has 1 unspecified atom stereocenters. The van der Waals surface area contributed by atoms with E-state index in [1.54, 1.807) is 12.1 Å². The van der Waals surface area contributed by atoms with E-state index in [0.29, 0.717) is 23.9 Å². The molecule has 0 spiro atoms. The molecular weight excluding hydrogens is 404 g/mol. The van der Waals surface area contributed by atoms with Gasteiger partial charge in [0.1, 0.15) is 5.75 Å². The third-order valence-electron chi connectivity index (χ3n) is 5.17. The number of nitrogens with zero attached hydrogens (tertiary/aromatic N) is 1. The first-order chi connectivity index (χ1) is 14.2. The summed E-state index contributed by atoms with van der Waals surface area (Å²) in [6, 6.07) is 15.2. The molecule has 1 heterocycles. The Morgan fingerprint density at radius 1 is 1.17 bits per heavy atom. The van der Waals surface area contributed by atoms with Gasteiger partial charge in [-0.15, -0.1) is 0 Å². The summed E-state index contributed by atoms with van der Waals surface area (Å²) in [4.78, 5) is 25.2. The Bertz CT molecular complexity index is 881. The Morgan fingerprint density at radius 3 is 2.43 bits per heavy atom. The molecule has 2 N–H and O–H groups in total. The lowest BCUT2D eigenvalue weighted by molar-refractivity contribution is -0.152. The highest BCUT2D eigenvalue weighted by molar-refractivity contribution is 6.30. The van der Waals surface area contributed by atoms with E-state index in [0.717, 1.165) is 30.4 Å². The first-order valence-corrected chi connectivity index (χ1v) is 10.4. The second-order valence-corrected chi connectivity index (χ2v) is 8.54. The second kappa shape index (κ2) is 9.39. The fourth-order valence-corrected chi connectivity index (χ4v) is 3.51. The summed E-state index contributed by atoms with van der Waals surface area (Å²) in [7, 11) is 0. The van der Waals surface area contributed by atoms with Crippen LogP contribution in [0, 0.1) is 0 Å². The molecule has 0 saturated carbocycles. The van der Waals surface area contributed by atoms with Crippen LogP contribution in [0.4, 0.5) is 4.79 Å². The molecule has 7 heteroatoms. The van der Waals surface area contributed by atoms with E-state index in [1.807, 2.05) is 41.3 Å². The van der Waals surface area contributed by atoms with Crippen LogP contribution in [-0.4, -0.2) is 40.2 Å². The molecule has 1 aliphatic rings. The number of carbonyl (C=O) groups excluding carboxylic acids is 1. The number of rotatable bonds is 9. The van der Waals surface area contributed by atoms with Crippen molar-refractivity contribution in [1.29, 1.82) is 0 Å². The van der Waals surface area contributed by atoms with Crippen molar-refractivity contribution in [3.05, 3.63) is 64.7 Å². The van der Waals surface area contributed by atoms with Crippen molar-refractivity contribution >= 4 is 23.6 Å². The normalized spacial score (nSPS) is 16.4. The fourth-order valence-electron chi connectivity index (χ4n) is 3.39. The van der Waals surface area contributed by atoms with Crippen molar-refractivity contribution in [3.8, 4) is 5.75 Å². The molecule has 2 aromatic carbocycles. The van der Waals surface area contributed by atoms with Crippen LogP contribution in [-0.2, 0) is 17.8 Å². The van der Waals surface area contributed by atoms with Gasteiger partial charge in [0.25, 0.3) is 0 Å². The first-order valence-electron chi connectivity index (χ1n) is 10.0. The Morgan fingerprint density at radius 2 is 1.80 bits per heavy atom. The van der Waals surface area contributed by atoms with Crippen LogP contribution in [0.5, 0.6) is 5.75 Å². The van der Waals surface area contributed by atoms with Gasteiger partial charge in [0.15, 0.2) is 5.60 Å². The molecule has 1 fully saturated rings. The molecule has 1 aliphatic heterocycles. The monoisotopic (exact) mass is 430 g/mol. The van der Waals surface area contributed by atoms with Gasteiger partial charge in [-0.3, -0.25) is 0 Å². The number of benzene rings is 2. The molecule has 160 valence electrons. The molecule has 3 rings (SSSR count). The summed E-state index contributed by atoms with van der Waals surface area (Å²) in [5, 5.41) is 12.9. The van der Waals surface area contributed by atoms with Crippen LogP contribution >= 0.6 is 11.6 Å². The molecule has 1 atom stereocenters. The third kappa shape index (κ3) is 5.89. The van der Waals surface area contributed by atoms with Crippen molar-refractivity contribution in [3.63, 3.8) is 0 Å². The maximum absolute atomic E-state index is 12.2. The highest BCUT2D eigenvalue weighted by Gasteiger charge is 2.29. The Labute approximate surface area is 181 Å². The molecule has 0 radical (unpaired) electrons. The average Bonchev–Trinajstić information content (AvgIpc) is 3.04. The minimum Gasteiger partial charge on any atom is -0.478 e. The number of carboxylic acids is 1. The standard InChI is InChI=1S/C23H27ClN2O4/c1-23(2,21(27)28)30-20-12-8-16(9-13-20)4-3-5-19-15-26(22(29)25-19)14-17-6-10-18(24)11-7-17/h6-13,19H,3-5,14-15H2,1-2H3,(H,25,29)(H,27,28). The summed E-state index contributed by atoms with van der Waals surface area (Å²) in [5.74, 6) is -0.470. The maximum Gasteiger partial charge on any atom is 0.347 e. The number of aliphatic carboxylic acids is 1. The number of halogens is 1. The second-order valence-electron chi connectivity index (χ2n) is 8.11. The third-order valence-corrected chi connectivity index (χ3v) is 5.42. The van der Waals surface area contributed by atoms with E-state index in [9.17, 15) is 9.59 Å². The predicted molar refractivity (Wildman–Crippen MR) is 116 cm³/mol. The zero-order chi connectivity index (χ0) is 21.7. The van der Waals surface area contributed by atoms with Crippen LogP contribution in [0.1, 0.15) is 37.8 Å². The number of hydrogen-bond acceptors (Lipinski definition) is 3. The van der Waals surface area contributed by atoms with Crippen molar-refractivity contribution in [2.45, 2.75) is 51.3 Å². The number of carboxylic acid groups (broad SMARTS) is 1. The van der Waals surface area contributed by atoms with E-state index in [4.69, 9.17) is 21.4 Å². The molecule has 0 bridgehead atoms. The number of hydrogen-bond donors (Lipinski definition) is 2. The number of amides is 2. The first kappa shape index (κ1) is 22.0. The highest BCUT2D eigenvalue weighted by atomic mass is 35.5. The van der Waals surface area contributed by atoms with E-state index >= 15 is 0 Å². The topological polar surface area (TPSA) is 78.9 Å². The zero-order valence-electron chi connectivity index (χ0n) is 17.2. The zero-order valence-corrected chi connectivity index (χ0v) is 18.0. The van der Waals surface area contributed by atoms with Gasteiger partial charge in [-0.1, -0.05) is 35.9 Å². The molecular formula is C23H27ClN2O4. The summed E-state index contributed by atoms with van der Waals surface area (Å²) in [6.45, 7) is 4.32. The fraction of sp³-hybridized carbons (Fsp3) is 0.391. The van der Waals surface area contributed by atoms with Gasteiger partial charge in [0.05, 0.1) is 0 Å². The van der Waals surface area contributed by atoms with Crippen molar-refractivity contribution in [2.75, 3.05) is 6.54 Å². The van der Waals surface area contributed by atoms with Crippen molar-refractivity contribution < 1.29 is 19.4 Å². The van der Waals surface area contributed by atoms with Gasteiger partial charge < -0.3 is 20.1 Å². The lowest BCUT2D eigenvalue weighted by Crippen LogP contribution is -2.37. The largest absolute Gasteiger partial charge is 0.478 e. The molecule has 30 heavy (non-hydrogen) atoms. The van der Waals surface area contributed by atoms with Crippen LogP contribution in [0.3, 0.4) is 0 Å². The minimum atomic E-state index is -1.26. The summed E-state index contributed by atoms with van der Waals surface area (Å²) < 4.78 is 5.52. The molecule has 2 amide bonds. The molecule has 6 nitrogen and oxygen atoms in total. The molecule has 2 aromatic rings. The number of aryl methyl sites for hydroxylation is 1. The van der Waals surface area contributed by atoms with Gasteiger partial charge in [0.2, 0.25) is 0 Å². The van der Waals surface area contributed by atoms with Crippen molar-refractivity contribution in [1.82, 2.24) is 10.2 Å². The van der Waals surface area contributed by atoms with Gasteiger partial charge in [-0.05, 0) is 68.5 Å². The minimum absolute atomic E-state index is 0.0301. The van der Waals surface area contributed by atoms with Crippen LogP contribution in [0.2, 0.25) is 5.02 Å². The van der Waals surface area contributed by atoms with Crippen LogP contribution in [0.25, 0.3) is 0 Å². The Balaban J connectivity index is 1.43. The SMILES string of the molecule is CC(C)(Oc1ccc(CCCC2CN(Cc3ccc(Cl)cc3)C(=O)N2)cc1)C(=O)O. The lowest BCUT2D eigenvalue weighted by Gasteiger charge is -2.21. The number of carbonyl (C=O) groups is 2. The van der Waals surface area contributed by atoms with E-state index in [1.165, 1.54) is 13.8 Å². The lowest BCUT2D eigenvalue weighted by atomic mass is 10.0. The number of ether oxygens (including phenoxy) is 1. The van der Waals surface area contributed by atoms with E-state index < -0.39 is 11.6 Å². The van der Waals surface area contributed by atoms with E-state index in [2.05, 4.69) is 5.32 Å². The predicted octanol–water partition coefficient (Wildman–Crippen LogP) is 4.50. The van der Waals surface area contributed by atoms with Gasteiger partial charge in [-0.2, -0.15) is 0 Å². The Hall–Kier alpha value is -2.73. The smallest absolute Gasteiger partial charge is 0.347 e.